The number of aromatic amines is 1. The maximum absolute atomic E-state index is 12.6. The fraction of sp³-hybridized carbons (Fsp3) is 0.684. The van der Waals surface area contributed by atoms with Crippen molar-refractivity contribution in [3.05, 3.63) is 16.8 Å². The molecule has 0 saturated heterocycles. The van der Waals surface area contributed by atoms with Crippen LogP contribution < -0.4 is 5.32 Å². The Hall–Kier alpha value is -1.36. The molecule has 2 heterocycles. The summed E-state index contributed by atoms with van der Waals surface area (Å²) in [6.45, 7) is 4.72. The van der Waals surface area contributed by atoms with Crippen molar-refractivity contribution in [3.63, 3.8) is 0 Å². The molecule has 2 saturated carbocycles. The van der Waals surface area contributed by atoms with Crippen molar-refractivity contribution < 1.29 is 4.79 Å². The molecule has 0 aliphatic heterocycles. The summed E-state index contributed by atoms with van der Waals surface area (Å²) in [5.74, 6) is 0.699. The fourth-order valence-electron chi connectivity index (χ4n) is 3.79. The van der Waals surface area contributed by atoms with Gasteiger partial charge in [0.2, 0.25) is 0 Å². The fourth-order valence-corrected chi connectivity index (χ4v) is 4.92. The highest BCUT2D eigenvalue weighted by Crippen LogP contribution is 2.43. The molecule has 1 amide bonds. The Morgan fingerprint density at radius 1 is 1.25 bits per heavy atom. The van der Waals surface area contributed by atoms with Crippen molar-refractivity contribution in [1.29, 1.82) is 0 Å². The average molecular weight is 346 g/mol. The molecule has 2 N–H and O–H groups in total. The van der Waals surface area contributed by atoms with Crippen LogP contribution in [0, 0.1) is 5.41 Å². The first-order valence-electron chi connectivity index (χ1n) is 9.30. The van der Waals surface area contributed by atoms with Crippen LogP contribution in [0.3, 0.4) is 0 Å². The van der Waals surface area contributed by atoms with E-state index in [2.05, 4.69) is 29.1 Å². The Labute approximate surface area is 147 Å². The summed E-state index contributed by atoms with van der Waals surface area (Å²) >= 11 is 1.74. The lowest BCUT2D eigenvalue weighted by Crippen LogP contribution is -2.36. The molecule has 130 valence electrons. The largest absolute Gasteiger partial charge is 0.348 e. The molecule has 4 nitrogen and oxygen atoms in total. The van der Waals surface area contributed by atoms with Gasteiger partial charge in [-0.25, -0.2) is 4.98 Å². The highest BCUT2D eigenvalue weighted by molar-refractivity contribution is 7.18. The first kappa shape index (κ1) is 16.1. The van der Waals surface area contributed by atoms with Crippen LogP contribution in [-0.2, 0) is 0 Å². The van der Waals surface area contributed by atoms with Crippen LogP contribution in [0.1, 0.15) is 86.6 Å². The van der Waals surface area contributed by atoms with Gasteiger partial charge < -0.3 is 10.3 Å². The van der Waals surface area contributed by atoms with Crippen molar-refractivity contribution in [1.82, 2.24) is 15.3 Å². The first-order chi connectivity index (χ1) is 11.5. The molecular weight excluding hydrogens is 318 g/mol. The minimum absolute atomic E-state index is 0.0259. The summed E-state index contributed by atoms with van der Waals surface area (Å²) in [5, 5.41) is 4.47. The smallest absolute Gasteiger partial charge is 0.268 e. The van der Waals surface area contributed by atoms with E-state index in [9.17, 15) is 4.79 Å². The normalized spacial score (nSPS) is 22.2. The predicted octanol–water partition coefficient (Wildman–Crippen LogP) is 4.98. The minimum Gasteiger partial charge on any atom is -0.348 e. The third-order valence-electron chi connectivity index (χ3n) is 5.52. The monoisotopic (exact) mass is 345 g/mol. The lowest BCUT2D eigenvalue weighted by Gasteiger charge is -2.30. The van der Waals surface area contributed by atoms with Gasteiger partial charge in [0.15, 0.2) is 0 Å². The first-order valence-corrected chi connectivity index (χ1v) is 10.1. The number of amides is 1. The Balaban J connectivity index is 1.39. The van der Waals surface area contributed by atoms with Crippen molar-refractivity contribution in [2.75, 3.05) is 0 Å². The Morgan fingerprint density at radius 2 is 1.96 bits per heavy atom. The number of nitrogens with one attached hydrogen (secondary N) is 2. The zero-order valence-electron chi connectivity index (χ0n) is 14.7. The summed E-state index contributed by atoms with van der Waals surface area (Å²) in [6.07, 6.45) is 9.62. The van der Waals surface area contributed by atoms with Crippen molar-refractivity contribution >= 4 is 27.6 Å². The standard InChI is InChI=1S/C19H27N3OS/c1-19(2)9-3-5-13(6-4-10-19)20-17(23)14-11-15-16(21-14)22-18(24-15)12-7-8-12/h11-13,21H,3-10H2,1-2H3,(H,20,23). The molecule has 0 spiro atoms. The van der Waals surface area contributed by atoms with Crippen molar-refractivity contribution in [3.8, 4) is 0 Å². The molecule has 0 radical (unpaired) electrons. The van der Waals surface area contributed by atoms with Gasteiger partial charge in [0, 0.05) is 12.0 Å². The predicted molar refractivity (Wildman–Crippen MR) is 98.7 cm³/mol. The Kier molecular flexibility index (Phi) is 4.15. The van der Waals surface area contributed by atoms with Gasteiger partial charge >= 0.3 is 0 Å². The van der Waals surface area contributed by atoms with Gasteiger partial charge in [-0.2, -0.15) is 0 Å². The number of hydrogen-bond donors (Lipinski definition) is 2. The molecular formula is C19H27N3OS. The maximum Gasteiger partial charge on any atom is 0.268 e. The quantitative estimate of drug-likeness (QED) is 0.824. The van der Waals surface area contributed by atoms with Gasteiger partial charge in [-0.15, -0.1) is 11.3 Å². The van der Waals surface area contributed by atoms with Gasteiger partial charge in [-0.05, 0) is 50.0 Å². The highest BCUT2D eigenvalue weighted by atomic mass is 32.1. The van der Waals surface area contributed by atoms with Gasteiger partial charge in [-0.1, -0.05) is 26.7 Å². The number of H-pyrrole nitrogens is 1. The highest BCUT2D eigenvalue weighted by Gasteiger charge is 2.28. The van der Waals surface area contributed by atoms with E-state index in [1.165, 1.54) is 43.5 Å². The minimum atomic E-state index is 0.0259. The van der Waals surface area contributed by atoms with E-state index in [1.807, 2.05) is 6.07 Å². The lowest BCUT2D eigenvalue weighted by molar-refractivity contribution is 0.0922. The van der Waals surface area contributed by atoms with E-state index in [0.29, 0.717) is 23.1 Å². The SMILES string of the molecule is CC1(C)CCCC(NC(=O)c2cc3sc(C4CC4)nc3[nH]2)CCC1. The molecule has 0 bridgehead atoms. The molecule has 2 aliphatic rings. The summed E-state index contributed by atoms with van der Waals surface area (Å²) in [7, 11) is 0. The van der Waals surface area contributed by atoms with Crippen LogP contribution in [0.2, 0.25) is 0 Å². The number of hydrogen-bond acceptors (Lipinski definition) is 3. The number of fused-ring (bicyclic) bond motifs is 1. The van der Waals surface area contributed by atoms with E-state index in [-0.39, 0.29) is 5.91 Å². The van der Waals surface area contributed by atoms with Gasteiger partial charge in [0.05, 0.1) is 9.71 Å². The van der Waals surface area contributed by atoms with Gasteiger partial charge in [0.25, 0.3) is 5.91 Å². The van der Waals surface area contributed by atoms with Gasteiger partial charge in [0.1, 0.15) is 11.3 Å². The second-order valence-corrected chi connectivity index (χ2v) is 9.40. The molecule has 0 unspecified atom stereocenters. The third kappa shape index (κ3) is 3.51. The molecule has 5 heteroatoms. The van der Waals surface area contributed by atoms with Crippen molar-refractivity contribution in [2.24, 2.45) is 5.41 Å². The zero-order valence-corrected chi connectivity index (χ0v) is 15.5. The molecule has 2 aromatic heterocycles. The second kappa shape index (κ2) is 6.17. The van der Waals surface area contributed by atoms with Crippen LogP contribution in [0.15, 0.2) is 6.07 Å². The molecule has 0 atom stereocenters. The Morgan fingerprint density at radius 3 is 2.58 bits per heavy atom. The van der Waals surface area contributed by atoms with E-state index in [4.69, 9.17) is 0 Å². The van der Waals surface area contributed by atoms with Crippen LogP contribution in [0.25, 0.3) is 10.3 Å². The topological polar surface area (TPSA) is 57.8 Å². The van der Waals surface area contributed by atoms with Gasteiger partial charge in [-0.3, -0.25) is 4.79 Å². The lowest BCUT2D eigenvalue weighted by atomic mass is 9.79. The van der Waals surface area contributed by atoms with Crippen LogP contribution in [0.4, 0.5) is 0 Å². The number of carbonyl (C=O) groups excluding carboxylic acids is 1. The van der Waals surface area contributed by atoms with E-state index in [0.717, 1.165) is 23.2 Å². The van der Waals surface area contributed by atoms with E-state index < -0.39 is 0 Å². The summed E-state index contributed by atoms with van der Waals surface area (Å²) in [4.78, 5) is 20.4. The Bertz CT molecular complexity index is 697. The van der Waals surface area contributed by atoms with Crippen LogP contribution in [0.5, 0.6) is 0 Å². The molecule has 2 aromatic rings. The van der Waals surface area contributed by atoms with Crippen molar-refractivity contribution in [2.45, 2.75) is 77.2 Å². The number of nitrogens with zero attached hydrogens (tertiary/aromatic N) is 1. The molecule has 2 aliphatic carbocycles. The number of carbonyl (C=O) groups is 1. The second-order valence-electron chi connectivity index (χ2n) is 8.34. The van der Waals surface area contributed by atoms with Crippen LogP contribution in [-0.4, -0.2) is 21.9 Å². The maximum atomic E-state index is 12.6. The number of thiazole rings is 1. The summed E-state index contributed by atoms with van der Waals surface area (Å²) < 4.78 is 1.11. The molecule has 2 fully saturated rings. The van der Waals surface area contributed by atoms with E-state index >= 15 is 0 Å². The summed E-state index contributed by atoms with van der Waals surface area (Å²) in [6, 6.07) is 2.28. The van der Waals surface area contributed by atoms with Crippen LogP contribution >= 0.6 is 11.3 Å². The number of aromatic nitrogens is 2. The average Bonchev–Trinajstić information content (AvgIpc) is 3.15. The summed E-state index contributed by atoms with van der Waals surface area (Å²) in [5.41, 5.74) is 2.00. The molecule has 4 rings (SSSR count). The third-order valence-corrected chi connectivity index (χ3v) is 6.68. The zero-order chi connectivity index (χ0) is 16.7. The number of rotatable bonds is 3. The van der Waals surface area contributed by atoms with E-state index in [1.54, 1.807) is 11.3 Å². The molecule has 24 heavy (non-hydrogen) atoms. The molecule has 0 aromatic carbocycles.